The number of anilines is 1. The van der Waals surface area contributed by atoms with Crippen molar-refractivity contribution in [1.29, 1.82) is 0 Å². The molecule has 2 aromatic heterocycles. The van der Waals surface area contributed by atoms with E-state index in [2.05, 4.69) is 10.4 Å². The van der Waals surface area contributed by atoms with Gasteiger partial charge in [0.25, 0.3) is 11.5 Å². The number of aromatic nitrogens is 4. The van der Waals surface area contributed by atoms with Crippen molar-refractivity contribution in [2.24, 2.45) is 7.05 Å². The standard InChI is InChI=1S/C23H21N5O2/c1-16-8-6-7-11-18(16)20-14-21(28(26-20)15-17-9-4-3-5-10-17)24-23(30)19-12-13-22(29)27(2)25-19/h3-14H,15H2,1-2H3,(H,24,30). The van der Waals surface area contributed by atoms with Crippen LogP contribution >= 0.6 is 0 Å². The highest BCUT2D eigenvalue weighted by Crippen LogP contribution is 2.25. The molecule has 0 bridgehead atoms. The van der Waals surface area contributed by atoms with E-state index in [-0.39, 0.29) is 11.3 Å². The number of rotatable bonds is 5. The maximum atomic E-state index is 12.8. The van der Waals surface area contributed by atoms with Crippen molar-refractivity contribution in [2.75, 3.05) is 5.32 Å². The lowest BCUT2D eigenvalue weighted by Gasteiger charge is -2.09. The van der Waals surface area contributed by atoms with Gasteiger partial charge in [0.15, 0.2) is 0 Å². The molecule has 30 heavy (non-hydrogen) atoms. The van der Waals surface area contributed by atoms with Gasteiger partial charge < -0.3 is 5.32 Å². The average Bonchev–Trinajstić information content (AvgIpc) is 3.13. The zero-order valence-electron chi connectivity index (χ0n) is 16.7. The van der Waals surface area contributed by atoms with Gasteiger partial charge in [0, 0.05) is 24.7 Å². The van der Waals surface area contributed by atoms with Gasteiger partial charge in [-0.3, -0.25) is 9.59 Å². The van der Waals surface area contributed by atoms with Crippen molar-refractivity contribution in [3.8, 4) is 11.3 Å². The molecule has 7 nitrogen and oxygen atoms in total. The Labute approximate surface area is 173 Å². The highest BCUT2D eigenvalue weighted by atomic mass is 16.2. The maximum absolute atomic E-state index is 12.8. The van der Waals surface area contributed by atoms with Gasteiger partial charge in [-0.15, -0.1) is 0 Å². The number of benzene rings is 2. The van der Waals surface area contributed by atoms with Gasteiger partial charge in [-0.1, -0.05) is 54.6 Å². The van der Waals surface area contributed by atoms with Crippen molar-refractivity contribution in [3.63, 3.8) is 0 Å². The van der Waals surface area contributed by atoms with Crippen LogP contribution < -0.4 is 10.9 Å². The number of amides is 1. The molecule has 0 spiro atoms. The molecule has 150 valence electrons. The number of nitrogens with one attached hydrogen (secondary N) is 1. The molecule has 0 aliphatic carbocycles. The third-order valence-corrected chi connectivity index (χ3v) is 4.81. The summed E-state index contributed by atoms with van der Waals surface area (Å²) in [4.78, 5) is 24.3. The quantitative estimate of drug-likeness (QED) is 0.559. The van der Waals surface area contributed by atoms with E-state index in [0.717, 1.165) is 27.1 Å². The Balaban J connectivity index is 1.71. The predicted molar refractivity (Wildman–Crippen MR) is 115 cm³/mol. The lowest BCUT2D eigenvalue weighted by molar-refractivity contribution is 0.101. The smallest absolute Gasteiger partial charge is 0.277 e. The van der Waals surface area contributed by atoms with Crippen LogP contribution in [0.2, 0.25) is 0 Å². The monoisotopic (exact) mass is 399 g/mol. The molecule has 7 heteroatoms. The molecule has 4 aromatic rings. The van der Waals surface area contributed by atoms with Gasteiger partial charge in [0.2, 0.25) is 0 Å². The number of carbonyl (C=O) groups is 1. The first-order valence-electron chi connectivity index (χ1n) is 9.55. The topological polar surface area (TPSA) is 81.8 Å². The largest absolute Gasteiger partial charge is 0.305 e. The molecule has 2 aromatic carbocycles. The van der Waals surface area contributed by atoms with Crippen LogP contribution in [-0.2, 0) is 13.6 Å². The summed E-state index contributed by atoms with van der Waals surface area (Å²) in [5, 5.41) is 11.7. The van der Waals surface area contributed by atoms with Gasteiger partial charge >= 0.3 is 0 Å². The Kier molecular flexibility index (Phi) is 5.26. The zero-order chi connectivity index (χ0) is 21.1. The summed E-state index contributed by atoms with van der Waals surface area (Å²) in [5.41, 5.74) is 3.81. The van der Waals surface area contributed by atoms with Crippen molar-refractivity contribution in [1.82, 2.24) is 19.6 Å². The van der Waals surface area contributed by atoms with E-state index in [9.17, 15) is 9.59 Å². The number of aryl methyl sites for hydroxylation is 2. The fraction of sp³-hybridized carbons (Fsp3) is 0.130. The fourth-order valence-corrected chi connectivity index (χ4v) is 3.19. The summed E-state index contributed by atoms with van der Waals surface area (Å²) < 4.78 is 2.89. The molecule has 1 amide bonds. The van der Waals surface area contributed by atoms with Crippen LogP contribution in [0.5, 0.6) is 0 Å². The first-order valence-corrected chi connectivity index (χ1v) is 9.55. The highest BCUT2D eigenvalue weighted by molar-refractivity contribution is 6.02. The molecule has 0 saturated heterocycles. The van der Waals surface area contributed by atoms with Crippen LogP contribution in [0.25, 0.3) is 11.3 Å². The van der Waals surface area contributed by atoms with Crippen molar-refractivity contribution < 1.29 is 4.79 Å². The zero-order valence-corrected chi connectivity index (χ0v) is 16.7. The van der Waals surface area contributed by atoms with Crippen LogP contribution in [0.15, 0.2) is 77.6 Å². The molecule has 0 atom stereocenters. The Morgan fingerprint density at radius 2 is 1.70 bits per heavy atom. The van der Waals surface area contributed by atoms with Gasteiger partial charge in [-0.2, -0.15) is 10.2 Å². The van der Waals surface area contributed by atoms with E-state index in [4.69, 9.17) is 5.10 Å². The highest BCUT2D eigenvalue weighted by Gasteiger charge is 2.16. The normalized spacial score (nSPS) is 10.7. The molecular weight excluding hydrogens is 378 g/mol. The van der Waals surface area contributed by atoms with Crippen LogP contribution in [0.4, 0.5) is 5.82 Å². The first kappa shape index (κ1) is 19.3. The Morgan fingerprint density at radius 3 is 2.43 bits per heavy atom. The minimum atomic E-state index is -0.406. The SMILES string of the molecule is Cc1ccccc1-c1cc(NC(=O)c2ccc(=O)n(C)n2)n(Cc2ccccc2)n1. The third-order valence-electron chi connectivity index (χ3n) is 4.81. The van der Waals surface area contributed by atoms with E-state index in [0.29, 0.717) is 12.4 Å². The van der Waals surface area contributed by atoms with E-state index < -0.39 is 5.91 Å². The minimum Gasteiger partial charge on any atom is -0.305 e. The van der Waals surface area contributed by atoms with E-state index >= 15 is 0 Å². The molecule has 1 N–H and O–H groups in total. The number of carbonyl (C=O) groups excluding carboxylic acids is 1. The van der Waals surface area contributed by atoms with Gasteiger partial charge in [-0.25, -0.2) is 9.36 Å². The molecule has 0 saturated carbocycles. The van der Waals surface area contributed by atoms with Crippen LogP contribution in [-0.4, -0.2) is 25.5 Å². The summed E-state index contributed by atoms with van der Waals surface area (Å²) in [7, 11) is 1.51. The third kappa shape index (κ3) is 4.05. The molecular formula is C23H21N5O2. The lowest BCUT2D eigenvalue weighted by atomic mass is 10.1. The van der Waals surface area contributed by atoms with Crippen molar-refractivity contribution in [2.45, 2.75) is 13.5 Å². The van der Waals surface area contributed by atoms with E-state index in [1.807, 2.05) is 67.6 Å². The fourth-order valence-electron chi connectivity index (χ4n) is 3.19. The second-order valence-corrected chi connectivity index (χ2v) is 7.01. The number of hydrogen-bond donors (Lipinski definition) is 1. The molecule has 0 aliphatic rings. The summed E-state index contributed by atoms with van der Waals surface area (Å²) in [6.45, 7) is 2.53. The number of nitrogens with zero attached hydrogens (tertiary/aromatic N) is 4. The summed E-state index contributed by atoms with van der Waals surface area (Å²) in [5.74, 6) is 0.147. The van der Waals surface area contributed by atoms with E-state index in [1.54, 1.807) is 4.68 Å². The average molecular weight is 399 g/mol. The molecule has 0 unspecified atom stereocenters. The van der Waals surface area contributed by atoms with Crippen LogP contribution in [0.3, 0.4) is 0 Å². The molecule has 0 fully saturated rings. The van der Waals surface area contributed by atoms with Crippen LogP contribution in [0.1, 0.15) is 21.6 Å². The van der Waals surface area contributed by atoms with Crippen molar-refractivity contribution >= 4 is 11.7 Å². The summed E-state index contributed by atoms with van der Waals surface area (Å²) >= 11 is 0. The first-order chi connectivity index (χ1) is 14.5. The maximum Gasteiger partial charge on any atom is 0.277 e. The van der Waals surface area contributed by atoms with Gasteiger partial charge in [0.05, 0.1) is 12.2 Å². The number of hydrogen-bond acceptors (Lipinski definition) is 4. The van der Waals surface area contributed by atoms with Crippen LogP contribution in [0, 0.1) is 6.92 Å². The molecule has 0 aliphatic heterocycles. The molecule has 4 rings (SSSR count). The molecule has 0 radical (unpaired) electrons. The Hall–Kier alpha value is -4.00. The summed E-state index contributed by atoms with van der Waals surface area (Å²) in [6.07, 6.45) is 0. The second-order valence-electron chi connectivity index (χ2n) is 7.01. The molecule has 2 heterocycles. The second kappa shape index (κ2) is 8.16. The lowest BCUT2D eigenvalue weighted by Crippen LogP contribution is -2.24. The summed E-state index contributed by atoms with van der Waals surface area (Å²) in [6, 6.07) is 22.5. The minimum absolute atomic E-state index is 0.155. The van der Waals surface area contributed by atoms with E-state index in [1.165, 1.54) is 19.2 Å². The van der Waals surface area contributed by atoms with Gasteiger partial charge in [-0.05, 0) is 24.1 Å². The Morgan fingerprint density at radius 1 is 0.967 bits per heavy atom. The predicted octanol–water partition coefficient (Wildman–Crippen LogP) is 3.25. The Bertz CT molecular complexity index is 1260. The van der Waals surface area contributed by atoms with Crippen molar-refractivity contribution in [3.05, 3.63) is 100.0 Å². The van der Waals surface area contributed by atoms with Gasteiger partial charge in [0.1, 0.15) is 11.5 Å².